The molecule has 3 nitrogen and oxygen atoms in total. The first-order valence-corrected chi connectivity index (χ1v) is 6.62. The third-order valence-electron chi connectivity index (χ3n) is 3.01. The van der Waals surface area contributed by atoms with Gasteiger partial charge in [-0.1, -0.05) is 47.5 Å². The molecule has 0 bridgehead atoms. The lowest BCUT2D eigenvalue weighted by atomic mass is 9.98. The first-order chi connectivity index (χ1) is 9.11. The number of benzene rings is 2. The van der Waals surface area contributed by atoms with Gasteiger partial charge in [-0.05, 0) is 35.7 Å². The van der Waals surface area contributed by atoms with Crippen molar-refractivity contribution in [3.8, 4) is 0 Å². The van der Waals surface area contributed by atoms with Crippen molar-refractivity contribution in [2.24, 2.45) is 5.84 Å². The topological polar surface area (TPSA) is 64.1 Å². The lowest BCUT2D eigenvalue weighted by molar-refractivity contribution is 0.553. The Morgan fingerprint density at radius 2 is 1.84 bits per heavy atom. The molecule has 0 aliphatic rings. The van der Waals surface area contributed by atoms with Gasteiger partial charge in [0, 0.05) is 15.7 Å². The molecule has 0 aromatic heterocycles. The number of anilines is 1. The Hall–Kier alpha value is -1.26. The number of hydrazine groups is 1. The fraction of sp³-hybridized carbons (Fsp3) is 0.143. The third-order valence-corrected chi connectivity index (χ3v) is 3.60. The molecule has 5 heteroatoms. The summed E-state index contributed by atoms with van der Waals surface area (Å²) in [6, 6.07) is 13.0. The predicted octanol–water partition coefficient (Wildman–Crippen LogP) is 3.32. The van der Waals surface area contributed by atoms with Gasteiger partial charge < -0.3 is 5.73 Å². The van der Waals surface area contributed by atoms with Crippen molar-refractivity contribution < 1.29 is 0 Å². The number of nitrogens with one attached hydrogen (secondary N) is 1. The summed E-state index contributed by atoms with van der Waals surface area (Å²) in [6.07, 6.45) is 0.640. The molecule has 0 saturated carbocycles. The number of para-hydroxylation sites is 1. The maximum Gasteiger partial charge on any atom is 0.0521 e. The summed E-state index contributed by atoms with van der Waals surface area (Å²) in [5.74, 6) is 5.63. The van der Waals surface area contributed by atoms with Crippen LogP contribution in [0.3, 0.4) is 0 Å². The average Bonchev–Trinajstić information content (AvgIpc) is 2.39. The predicted molar refractivity (Wildman–Crippen MR) is 81.1 cm³/mol. The second kappa shape index (κ2) is 6.26. The highest BCUT2D eigenvalue weighted by atomic mass is 35.5. The van der Waals surface area contributed by atoms with Crippen LogP contribution in [-0.4, -0.2) is 0 Å². The van der Waals surface area contributed by atoms with Crippen LogP contribution in [-0.2, 0) is 6.42 Å². The van der Waals surface area contributed by atoms with Gasteiger partial charge in [0.15, 0.2) is 0 Å². The lowest BCUT2D eigenvalue weighted by Crippen LogP contribution is -2.30. The zero-order valence-electron chi connectivity index (χ0n) is 10.2. The van der Waals surface area contributed by atoms with Gasteiger partial charge >= 0.3 is 0 Å². The smallest absolute Gasteiger partial charge is 0.0521 e. The van der Waals surface area contributed by atoms with Gasteiger partial charge in [0.1, 0.15) is 0 Å². The maximum absolute atomic E-state index is 6.17. The highest BCUT2D eigenvalue weighted by Gasteiger charge is 2.14. The monoisotopic (exact) mass is 295 g/mol. The van der Waals surface area contributed by atoms with Crippen LogP contribution in [0.5, 0.6) is 0 Å². The van der Waals surface area contributed by atoms with E-state index in [2.05, 4.69) is 5.43 Å². The Kier molecular flexibility index (Phi) is 4.66. The van der Waals surface area contributed by atoms with Crippen molar-refractivity contribution >= 4 is 28.9 Å². The number of nitrogens with two attached hydrogens (primary N) is 2. The fourth-order valence-corrected chi connectivity index (χ4v) is 2.48. The van der Waals surface area contributed by atoms with Gasteiger partial charge in [-0.15, -0.1) is 0 Å². The van der Waals surface area contributed by atoms with Crippen LogP contribution in [0.15, 0.2) is 42.5 Å². The van der Waals surface area contributed by atoms with Gasteiger partial charge in [0.25, 0.3) is 0 Å². The molecule has 2 aromatic carbocycles. The summed E-state index contributed by atoms with van der Waals surface area (Å²) in [6.45, 7) is 0. The van der Waals surface area contributed by atoms with E-state index in [1.165, 1.54) is 0 Å². The fourth-order valence-electron chi connectivity index (χ4n) is 1.99. The summed E-state index contributed by atoms with van der Waals surface area (Å²) in [4.78, 5) is 0. The van der Waals surface area contributed by atoms with Gasteiger partial charge in [-0.25, -0.2) is 0 Å². The van der Waals surface area contributed by atoms with E-state index in [9.17, 15) is 0 Å². The van der Waals surface area contributed by atoms with Crippen molar-refractivity contribution in [2.75, 3.05) is 5.73 Å². The first-order valence-electron chi connectivity index (χ1n) is 5.86. The van der Waals surface area contributed by atoms with E-state index in [1.807, 2.05) is 36.4 Å². The van der Waals surface area contributed by atoms with Crippen molar-refractivity contribution in [3.05, 3.63) is 63.6 Å². The Labute approximate surface area is 122 Å². The second-order valence-corrected chi connectivity index (χ2v) is 5.13. The number of nitrogen functional groups attached to an aromatic ring is 1. The number of halogens is 2. The molecule has 0 aliphatic heterocycles. The van der Waals surface area contributed by atoms with E-state index in [0.717, 1.165) is 11.1 Å². The van der Waals surface area contributed by atoms with E-state index in [0.29, 0.717) is 22.2 Å². The molecular formula is C14H15Cl2N3. The quantitative estimate of drug-likeness (QED) is 0.461. The van der Waals surface area contributed by atoms with Gasteiger partial charge in [-0.3, -0.25) is 11.3 Å². The average molecular weight is 296 g/mol. The molecule has 1 atom stereocenters. The van der Waals surface area contributed by atoms with Crippen LogP contribution >= 0.6 is 23.2 Å². The summed E-state index contributed by atoms with van der Waals surface area (Å²) in [7, 11) is 0. The van der Waals surface area contributed by atoms with E-state index < -0.39 is 0 Å². The molecule has 19 heavy (non-hydrogen) atoms. The van der Waals surface area contributed by atoms with Crippen LogP contribution in [0.1, 0.15) is 17.2 Å². The molecule has 2 rings (SSSR count). The van der Waals surface area contributed by atoms with E-state index in [1.54, 1.807) is 6.07 Å². The summed E-state index contributed by atoms with van der Waals surface area (Å²) < 4.78 is 0. The molecule has 5 N–H and O–H groups in total. The molecule has 100 valence electrons. The van der Waals surface area contributed by atoms with Crippen molar-refractivity contribution in [1.82, 2.24) is 5.43 Å². The molecule has 0 radical (unpaired) electrons. The van der Waals surface area contributed by atoms with Crippen molar-refractivity contribution in [2.45, 2.75) is 12.5 Å². The van der Waals surface area contributed by atoms with Crippen molar-refractivity contribution in [3.63, 3.8) is 0 Å². The summed E-state index contributed by atoms with van der Waals surface area (Å²) in [5, 5.41) is 1.24. The minimum atomic E-state index is -0.0973. The van der Waals surface area contributed by atoms with Gasteiger partial charge in [0.2, 0.25) is 0 Å². The zero-order valence-corrected chi connectivity index (χ0v) is 11.7. The molecule has 0 spiro atoms. The summed E-state index contributed by atoms with van der Waals surface area (Å²) in [5.41, 5.74) is 11.4. The standard InChI is InChI=1S/C14H15Cl2N3/c15-10-6-5-9(12(16)8-10)7-14(19-18)11-3-1-2-4-13(11)17/h1-6,8,14,19H,7,17-18H2. The second-order valence-electron chi connectivity index (χ2n) is 4.29. The molecule has 0 aliphatic carbocycles. The SMILES string of the molecule is NNC(Cc1ccc(Cl)cc1Cl)c1ccccc1N. The Morgan fingerprint density at radius 3 is 2.47 bits per heavy atom. The molecule has 1 unspecified atom stereocenters. The Morgan fingerprint density at radius 1 is 1.11 bits per heavy atom. The number of hydrogen-bond acceptors (Lipinski definition) is 3. The molecule has 2 aromatic rings. The lowest BCUT2D eigenvalue weighted by Gasteiger charge is -2.19. The molecule has 0 saturated heterocycles. The van der Waals surface area contributed by atoms with E-state index in [4.69, 9.17) is 34.8 Å². The van der Waals surface area contributed by atoms with Crippen molar-refractivity contribution in [1.29, 1.82) is 0 Å². The first kappa shape index (κ1) is 14.2. The summed E-state index contributed by atoms with van der Waals surface area (Å²) >= 11 is 12.1. The van der Waals surface area contributed by atoms with Crippen LogP contribution in [0.25, 0.3) is 0 Å². The van der Waals surface area contributed by atoms with Gasteiger partial charge in [0.05, 0.1) is 6.04 Å². The highest BCUT2D eigenvalue weighted by molar-refractivity contribution is 6.35. The van der Waals surface area contributed by atoms with E-state index in [-0.39, 0.29) is 6.04 Å². The number of hydrogen-bond donors (Lipinski definition) is 3. The highest BCUT2D eigenvalue weighted by Crippen LogP contribution is 2.28. The largest absolute Gasteiger partial charge is 0.398 e. The van der Waals surface area contributed by atoms with E-state index >= 15 is 0 Å². The minimum Gasteiger partial charge on any atom is -0.398 e. The van der Waals surface area contributed by atoms with Crippen LogP contribution in [0.4, 0.5) is 5.69 Å². The third kappa shape index (κ3) is 3.39. The van der Waals surface area contributed by atoms with Crippen LogP contribution in [0, 0.1) is 0 Å². The molecular weight excluding hydrogens is 281 g/mol. The molecule has 0 heterocycles. The van der Waals surface area contributed by atoms with Crippen LogP contribution < -0.4 is 17.0 Å². The minimum absolute atomic E-state index is 0.0973. The normalized spacial score (nSPS) is 12.4. The van der Waals surface area contributed by atoms with Crippen LogP contribution in [0.2, 0.25) is 10.0 Å². The number of rotatable bonds is 4. The molecule has 0 fully saturated rings. The zero-order chi connectivity index (χ0) is 13.8. The van der Waals surface area contributed by atoms with Gasteiger partial charge in [-0.2, -0.15) is 0 Å². The Balaban J connectivity index is 2.27. The maximum atomic E-state index is 6.17. The Bertz CT molecular complexity index is 572. The molecule has 0 amide bonds.